The normalized spacial score (nSPS) is 21.3. The van der Waals surface area contributed by atoms with Crippen LogP contribution in [0.3, 0.4) is 0 Å². The second-order valence-electron chi connectivity index (χ2n) is 6.76. The summed E-state index contributed by atoms with van der Waals surface area (Å²) in [5, 5.41) is 3.05. The number of amides is 2. The van der Waals surface area contributed by atoms with Crippen LogP contribution >= 0.6 is 0 Å². The Bertz CT molecular complexity index is 599. The zero-order valence-electron chi connectivity index (χ0n) is 14.7. The molecule has 1 N–H and O–H groups in total. The minimum atomic E-state index is 0.0378. The van der Waals surface area contributed by atoms with Crippen LogP contribution < -0.4 is 5.32 Å². The first-order valence-electron chi connectivity index (χ1n) is 9.08. The van der Waals surface area contributed by atoms with Crippen molar-refractivity contribution in [2.45, 2.75) is 57.5 Å². The van der Waals surface area contributed by atoms with Crippen LogP contribution in [0.2, 0.25) is 0 Å². The lowest BCUT2D eigenvalue weighted by Crippen LogP contribution is -2.39. The summed E-state index contributed by atoms with van der Waals surface area (Å²) in [4.78, 5) is 34.5. The van der Waals surface area contributed by atoms with E-state index in [-0.39, 0.29) is 23.9 Å². The molecule has 2 fully saturated rings. The predicted octanol–water partition coefficient (Wildman–Crippen LogP) is 1.39. The Morgan fingerprint density at radius 2 is 2.04 bits per heavy atom. The van der Waals surface area contributed by atoms with Crippen molar-refractivity contribution < 1.29 is 14.3 Å². The van der Waals surface area contributed by atoms with E-state index in [0.29, 0.717) is 12.8 Å². The quantitative estimate of drug-likeness (QED) is 0.871. The fourth-order valence-electron chi connectivity index (χ4n) is 3.50. The van der Waals surface area contributed by atoms with Crippen LogP contribution in [0.1, 0.15) is 56.5 Å². The number of carbonyl (C=O) groups is 2. The topological polar surface area (TPSA) is 84.4 Å². The second-order valence-corrected chi connectivity index (χ2v) is 6.76. The fourth-order valence-corrected chi connectivity index (χ4v) is 3.50. The van der Waals surface area contributed by atoms with Crippen LogP contribution in [-0.4, -0.2) is 52.5 Å². The maximum Gasteiger partial charge on any atom is 0.220 e. The average Bonchev–Trinajstić information content (AvgIpc) is 3.11. The summed E-state index contributed by atoms with van der Waals surface area (Å²) in [5.41, 5.74) is 1.64. The molecule has 2 aliphatic heterocycles. The lowest BCUT2D eigenvalue weighted by molar-refractivity contribution is -0.129. The molecule has 1 unspecified atom stereocenters. The Kier molecular flexibility index (Phi) is 5.96. The van der Waals surface area contributed by atoms with Crippen molar-refractivity contribution in [3.05, 3.63) is 23.8 Å². The van der Waals surface area contributed by atoms with Gasteiger partial charge in [0.2, 0.25) is 11.8 Å². The van der Waals surface area contributed by atoms with Gasteiger partial charge in [-0.1, -0.05) is 0 Å². The number of likely N-dealkylation sites (tertiary alicyclic amines) is 1. The van der Waals surface area contributed by atoms with E-state index in [1.807, 2.05) is 4.90 Å². The number of ether oxygens (including phenoxy) is 1. The van der Waals surface area contributed by atoms with Crippen molar-refractivity contribution in [3.8, 4) is 0 Å². The minimum absolute atomic E-state index is 0.0378. The third-order valence-corrected chi connectivity index (χ3v) is 4.92. The number of aryl methyl sites for hydroxylation is 1. The zero-order chi connectivity index (χ0) is 17.6. The van der Waals surface area contributed by atoms with Gasteiger partial charge in [-0.2, -0.15) is 0 Å². The highest BCUT2D eigenvalue weighted by Gasteiger charge is 2.29. The van der Waals surface area contributed by atoms with Gasteiger partial charge in [-0.25, -0.2) is 0 Å². The molecule has 0 spiro atoms. The average molecular weight is 346 g/mol. The molecular weight excluding hydrogens is 320 g/mol. The molecule has 2 amide bonds. The van der Waals surface area contributed by atoms with Gasteiger partial charge in [0.05, 0.1) is 23.6 Å². The van der Waals surface area contributed by atoms with E-state index in [1.165, 1.54) is 0 Å². The van der Waals surface area contributed by atoms with Crippen LogP contribution in [0, 0.1) is 0 Å². The fraction of sp³-hybridized carbons (Fsp3) is 0.667. The molecule has 1 aromatic rings. The van der Waals surface area contributed by atoms with Crippen molar-refractivity contribution in [2.24, 2.45) is 0 Å². The third kappa shape index (κ3) is 4.75. The minimum Gasteiger partial charge on any atom is -0.381 e. The number of carbonyl (C=O) groups excluding carboxylic acids is 2. The molecule has 3 heterocycles. The Balaban J connectivity index is 1.49. The molecule has 0 aliphatic carbocycles. The van der Waals surface area contributed by atoms with Gasteiger partial charge in [0.1, 0.15) is 0 Å². The van der Waals surface area contributed by atoms with E-state index in [9.17, 15) is 9.59 Å². The van der Waals surface area contributed by atoms with E-state index < -0.39 is 0 Å². The van der Waals surface area contributed by atoms with Crippen molar-refractivity contribution in [1.29, 1.82) is 0 Å². The van der Waals surface area contributed by atoms with Crippen molar-refractivity contribution in [1.82, 2.24) is 20.2 Å². The van der Waals surface area contributed by atoms with Gasteiger partial charge in [-0.3, -0.25) is 19.6 Å². The summed E-state index contributed by atoms with van der Waals surface area (Å²) < 4.78 is 5.29. The number of nitrogens with one attached hydrogen (secondary N) is 1. The summed E-state index contributed by atoms with van der Waals surface area (Å²) in [6, 6.07) is 0.269. The molecular formula is C18H26N4O3. The number of hydrogen-bond donors (Lipinski definition) is 1. The smallest absolute Gasteiger partial charge is 0.220 e. The first kappa shape index (κ1) is 17.8. The van der Waals surface area contributed by atoms with E-state index in [1.54, 1.807) is 19.3 Å². The SMILES string of the molecule is CC(=O)N1CCCC1c1cnc(CCC(=O)NC2CCOCC2)cn1. The van der Waals surface area contributed by atoms with Gasteiger partial charge >= 0.3 is 0 Å². The Morgan fingerprint density at radius 1 is 1.24 bits per heavy atom. The molecule has 2 aliphatic rings. The first-order chi connectivity index (χ1) is 12.1. The highest BCUT2D eigenvalue weighted by atomic mass is 16.5. The molecule has 0 radical (unpaired) electrons. The van der Waals surface area contributed by atoms with Gasteiger partial charge in [0, 0.05) is 45.3 Å². The van der Waals surface area contributed by atoms with Gasteiger partial charge in [0.15, 0.2) is 0 Å². The Labute approximate surface area is 148 Å². The standard InChI is InChI=1S/C18H26N4O3/c1-13(23)22-8-2-3-17(22)16-12-19-15(11-20-16)4-5-18(24)21-14-6-9-25-10-7-14/h11-12,14,17H,2-10H2,1H3,(H,21,24). The van der Waals surface area contributed by atoms with Gasteiger partial charge in [-0.05, 0) is 32.1 Å². The van der Waals surface area contributed by atoms with Crippen LogP contribution in [0.4, 0.5) is 0 Å². The lowest BCUT2D eigenvalue weighted by atomic mass is 10.1. The number of nitrogens with zero attached hydrogens (tertiary/aromatic N) is 3. The number of hydrogen-bond acceptors (Lipinski definition) is 5. The van der Waals surface area contributed by atoms with Gasteiger partial charge in [-0.15, -0.1) is 0 Å². The van der Waals surface area contributed by atoms with E-state index in [2.05, 4.69) is 15.3 Å². The zero-order valence-corrected chi connectivity index (χ0v) is 14.7. The maximum atomic E-state index is 12.0. The highest BCUT2D eigenvalue weighted by molar-refractivity contribution is 5.76. The molecule has 1 aromatic heterocycles. The Hall–Kier alpha value is -2.02. The molecule has 7 nitrogen and oxygen atoms in total. The highest BCUT2D eigenvalue weighted by Crippen LogP contribution is 2.30. The lowest BCUT2D eigenvalue weighted by Gasteiger charge is -2.23. The van der Waals surface area contributed by atoms with Crippen LogP contribution in [0.15, 0.2) is 12.4 Å². The molecule has 0 saturated carbocycles. The predicted molar refractivity (Wildman–Crippen MR) is 91.7 cm³/mol. The largest absolute Gasteiger partial charge is 0.381 e. The maximum absolute atomic E-state index is 12.0. The van der Waals surface area contributed by atoms with Crippen LogP contribution in [0.25, 0.3) is 0 Å². The first-order valence-corrected chi connectivity index (χ1v) is 9.08. The van der Waals surface area contributed by atoms with Crippen LogP contribution in [-0.2, 0) is 20.7 Å². The number of aromatic nitrogens is 2. The van der Waals surface area contributed by atoms with Crippen molar-refractivity contribution in [3.63, 3.8) is 0 Å². The molecule has 136 valence electrons. The van der Waals surface area contributed by atoms with Crippen molar-refractivity contribution >= 4 is 11.8 Å². The van der Waals surface area contributed by atoms with E-state index in [0.717, 1.165) is 56.8 Å². The summed E-state index contributed by atoms with van der Waals surface area (Å²) in [6.45, 7) is 3.82. The molecule has 0 bridgehead atoms. The van der Waals surface area contributed by atoms with Crippen molar-refractivity contribution in [2.75, 3.05) is 19.8 Å². The Morgan fingerprint density at radius 3 is 2.72 bits per heavy atom. The van der Waals surface area contributed by atoms with E-state index in [4.69, 9.17) is 4.74 Å². The molecule has 25 heavy (non-hydrogen) atoms. The second kappa shape index (κ2) is 8.38. The number of rotatable bonds is 5. The summed E-state index contributed by atoms with van der Waals surface area (Å²) in [5.74, 6) is 0.134. The molecule has 3 rings (SSSR count). The molecule has 0 aromatic carbocycles. The van der Waals surface area contributed by atoms with E-state index >= 15 is 0 Å². The summed E-state index contributed by atoms with van der Waals surface area (Å²) in [6.07, 6.45) is 8.16. The monoisotopic (exact) mass is 346 g/mol. The molecule has 1 atom stereocenters. The molecule has 7 heteroatoms. The van der Waals surface area contributed by atoms with Crippen LogP contribution in [0.5, 0.6) is 0 Å². The van der Waals surface area contributed by atoms with Gasteiger partial charge in [0.25, 0.3) is 0 Å². The van der Waals surface area contributed by atoms with Gasteiger partial charge < -0.3 is 15.0 Å². The molecule has 2 saturated heterocycles. The third-order valence-electron chi connectivity index (χ3n) is 4.92. The summed E-state index contributed by atoms with van der Waals surface area (Å²) in [7, 11) is 0. The summed E-state index contributed by atoms with van der Waals surface area (Å²) >= 11 is 0.